The summed E-state index contributed by atoms with van der Waals surface area (Å²) in [5, 5.41) is 14.3. The second kappa shape index (κ2) is 7.28. The zero-order chi connectivity index (χ0) is 15.3. The van der Waals surface area contributed by atoms with Gasteiger partial charge in [-0.05, 0) is 46.5 Å². The van der Waals surface area contributed by atoms with Gasteiger partial charge in [0.1, 0.15) is 6.04 Å². The maximum atomic E-state index is 11.9. The molecule has 2 amide bonds. The molecular formula is C14H19BrN2O3. The average Bonchev–Trinajstić information content (AvgIpc) is 2.38. The average molecular weight is 343 g/mol. The Balaban J connectivity index is 2.73. The molecule has 0 radical (unpaired) electrons. The summed E-state index contributed by atoms with van der Waals surface area (Å²) in [6, 6.07) is 4.08. The minimum Gasteiger partial charge on any atom is -0.480 e. The van der Waals surface area contributed by atoms with Crippen LogP contribution in [-0.4, -0.2) is 23.1 Å². The van der Waals surface area contributed by atoms with Crippen LogP contribution in [0.25, 0.3) is 0 Å². The molecule has 1 rings (SSSR count). The van der Waals surface area contributed by atoms with Crippen LogP contribution in [0.1, 0.15) is 25.8 Å². The number of aryl methyl sites for hydroxylation is 1. The van der Waals surface area contributed by atoms with Crippen LogP contribution in [0.15, 0.2) is 22.7 Å². The zero-order valence-electron chi connectivity index (χ0n) is 11.7. The summed E-state index contributed by atoms with van der Waals surface area (Å²) in [6.07, 6.45) is 0.672. The highest BCUT2D eigenvalue weighted by atomic mass is 79.9. The molecular weight excluding hydrogens is 324 g/mol. The van der Waals surface area contributed by atoms with Crippen molar-refractivity contribution >= 4 is 33.6 Å². The molecule has 20 heavy (non-hydrogen) atoms. The van der Waals surface area contributed by atoms with Crippen molar-refractivity contribution in [3.05, 3.63) is 28.2 Å². The molecule has 0 aliphatic carbocycles. The summed E-state index contributed by atoms with van der Waals surface area (Å²) in [5.74, 6) is -1.17. The van der Waals surface area contributed by atoms with Crippen LogP contribution >= 0.6 is 15.9 Å². The van der Waals surface area contributed by atoms with Crippen LogP contribution in [0.5, 0.6) is 0 Å². The van der Waals surface area contributed by atoms with Crippen molar-refractivity contribution in [2.45, 2.75) is 33.2 Å². The van der Waals surface area contributed by atoms with E-state index in [2.05, 4.69) is 26.6 Å². The Bertz CT molecular complexity index is 505. The van der Waals surface area contributed by atoms with Crippen molar-refractivity contribution < 1.29 is 14.7 Å². The van der Waals surface area contributed by atoms with Gasteiger partial charge in [-0.3, -0.25) is 0 Å². The predicted octanol–water partition coefficient (Wildman–Crippen LogP) is 3.38. The van der Waals surface area contributed by atoms with Crippen molar-refractivity contribution in [3.63, 3.8) is 0 Å². The molecule has 0 bridgehead atoms. The number of anilines is 1. The molecule has 1 aromatic carbocycles. The summed E-state index contributed by atoms with van der Waals surface area (Å²) in [6.45, 7) is 5.62. The van der Waals surface area contributed by atoms with Gasteiger partial charge in [0.2, 0.25) is 0 Å². The second-order valence-corrected chi connectivity index (χ2v) is 5.64. The van der Waals surface area contributed by atoms with E-state index in [1.54, 1.807) is 13.0 Å². The first-order valence-corrected chi connectivity index (χ1v) is 7.21. The minimum absolute atomic E-state index is 0.139. The van der Waals surface area contributed by atoms with Gasteiger partial charge in [0.25, 0.3) is 0 Å². The minimum atomic E-state index is -1.03. The summed E-state index contributed by atoms with van der Waals surface area (Å²) < 4.78 is 0.753. The molecule has 0 spiro atoms. The van der Waals surface area contributed by atoms with Gasteiger partial charge in [-0.15, -0.1) is 0 Å². The fraction of sp³-hybridized carbons (Fsp3) is 0.429. The smallest absolute Gasteiger partial charge is 0.326 e. The van der Waals surface area contributed by atoms with Gasteiger partial charge in [-0.2, -0.15) is 0 Å². The number of hydrogen-bond acceptors (Lipinski definition) is 2. The maximum absolute atomic E-state index is 11.9. The zero-order valence-corrected chi connectivity index (χ0v) is 13.3. The van der Waals surface area contributed by atoms with Gasteiger partial charge in [-0.25, -0.2) is 9.59 Å². The van der Waals surface area contributed by atoms with Gasteiger partial charge in [0, 0.05) is 4.47 Å². The molecule has 0 aliphatic rings. The number of carbonyl (C=O) groups is 2. The van der Waals surface area contributed by atoms with Crippen molar-refractivity contribution in [2.24, 2.45) is 5.92 Å². The van der Waals surface area contributed by atoms with E-state index in [0.29, 0.717) is 12.1 Å². The van der Waals surface area contributed by atoms with Crippen LogP contribution in [0.4, 0.5) is 10.5 Å². The van der Waals surface area contributed by atoms with Gasteiger partial charge in [-0.1, -0.05) is 26.3 Å². The number of urea groups is 1. The number of carboxylic acid groups (broad SMARTS) is 1. The summed E-state index contributed by atoms with van der Waals surface area (Å²) >= 11 is 3.35. The third-order valence-corrected chi connectivity index (χ3v) is 3.79. The molecule has 3 N–H and O–H groups in total. The van der Waals surface area contributed by atoms with Crippen LogP contribution in [0.3, 0.4) is 0 Å². The maximum Gasteiger partial charge on any atom is 0.326 e. The molecule has 0 unspecified atom stereocenters. The molecule has 0 saturated heterocycles. The number of rotatable bonds is 5. The van der Waals surface area contributed by atoms with Crippen LogP contribution in [0.2, 0.25) is 0 Å². The van der Waals surface area contributed by atoms with Crippen molar-refractivity contribution in [1.29, 1.82) is 0 Å². The van der Waals surface area contributed by atoms with Crippen molar-refractivity contribution in [2.75, 3.05) is 5.32 Å². The highest BCUT2D eigenvalue weighted by Gasteiger charge is 2.25. The van der Waals surface area contributed by atoms with E-state index < -0.39 is 18.0 Å². The van der Waals surface area contributed by atoms with E-state index in [-0.39, 0.29) is 5.92 Å². The van der Waals surface area contributed by atoms with E-state index in [4.69, 9.17) is 5.11 Å². The molecule has 1 aromatic rings. The highest BCUT2D eigenvalue weighted by Crippen LogP contribution is 2.23. The Kier molecular flexibility index (Phi) is 6.01. The summed E-state index contributed by atoms with van der Waals surface area (Å²) in [5.41, 5.74) is 1.66. The van der Waals surface area contributed by atoms with Crippen LogP contribution in [0, 0.1) is 12.8 Å². The number of aliphatic carboxylic acids is 1. The second-order valence-electron chi connectivity index (χ2n) is 4.78. The number of benzene rings is 1. The van der Waals surface area contributed by atoms with Crippen LogP contribution in [-0.2, 0) is 4.79 Å². The normalized spacial score (nSPS) is 13.4. The molecule has 0 aromatic heterocycles. The monoisotopic (exact) mass is 342 g/mol. The van der Waals surface area contributed by atoms with E-state index in [0.717, 1.165) is 10.0 Å². The number of amides is 2. The number of nitrogens with one attached hydrogen (secondary N) is 2. The lowest BCUT2D eigenvalue weighted by molar-refractivity contribution is -0.140. The van der Waals surface area contributed by atoms with Crippen molar-refractivity contribution in [1.82, 2.24) is 5.32 Å². The predicted molar refractivity (Wildman–Crippen MR) is 81.9 cm³/mol. The number of carboxylic acids is 1. The Morgan fingerprint density at radius 1 is 1.40 bits per heavy atom. The molecule has 0 fully saturated rings. The molecule has 5 nitrogen and oxygen atoms in total. The quantitative estimate of drug-likeness (QED) is 0.767. The Labute approximate surface area is 126 Å². The number of carbonyl (C=O) groups excluding carboxylic acids is 1. The lowest BCUT2D eigenvalue weighted by Crippen LogP contribution is -2.46. The fourth-order valence-electron chi connectivity index (χ4n) is 1.70. The fourth-order valence-corrected chi connectivity index (χ4v) is 2.30. The number of halogens is 1. The lowest BCUT2D eigenvalue weighted by Gasteiger charge is -2.20. The number of hydrogen-bond donors (Lipinski definition) is 3. The van der Waals surface area contributed by atoms with Gasteiger partial charge in [0.15, 0.2) is 0 Å². The third kappa shape index (κ3) is 4.52. The first-order valence-electron chi connectivity index (χ1n) is 6.41. The Hall–Kier alpha value is -1.56. The third-order valence-electron chi connectivity index (χ3n) is 3.14. The molecule has 110 valence electrons. The van der Waals surface area contributed by atoms with Crippen molar-refractivity contribution in [3.8, 4) is 0 Å². The van der Waals surface area contributed by atoms with E-state index >= 15 is 0 Å². The van der Waals surface area contributed by atoms with Crippen LogP contribution < -0.4 is 10.6 Å². The molecule has 0 heterocycles. The Morgan fingerprint density at radius 3 is 2.55 bits per heavy atom. The molecule has 2 atom stereocenters. The molecule has 0 saturated carbocycles. The topological polar surface area (TPSA) is 78.4 Å². The summed E-state index contributed by atoms with van der Waals surface area (Å²) in [7, 11) is 0. The van der Waals surface area contributed by atoms with E-state index in [1.807, 2.05) is 26.0 Å². The first-order chi connectivity index (χ1) is 9.35. The van der Waals surface area contributed by atoms with Gasteiger partial charge in [0.05, 0.1) is 5.69 Å². The largest absolute Gasteiger partial charge is 0.480 e. The van der Waals surface area contributed by atoms with Gasteiger partial charge < -0.3 is 15.7 Å². The highest BCUT2D eigenvalue weighted by molar-refractivity contribution is 9.10. The van der Waals surface area contributed by atoms with Gasteiger partial charge >= 0.3 is 12.0 Å². The summed E-state index contributed by atoms with van der Waals surface area (Å²) in [4.78, 5) is 23.0. The SMILES string of the molecule is CC[C@H](C)[C@H](NC(=O)Nc1ccc(C)cc1Br)C(=O)O. The standard InChI is InChI=1S/C14H19BrN2O3/c1-4-9(3)12(13(18)19)17-14(20)16-11-6-5-8(2)7-10(11)15/h5-7,9,12H,4H2,1-3H3,(H,18,19)(H2,16,17,20)/t9-,12-/m0/s1. The first kappa shape index (κ1) is 16.5. The Morgan fingerprint density at radius 2 is 2.05 bits per heavy atom. The molecule has 6 heteroatoms. The van der Waals surface area contributed by atoms with E-state index in [9.17, 15) is 9.59 Å². The lowest BCUT2D eigenvalue weighted by atomic mass is 9.99. The molecule has 0 aliphatic heterocycles. The van der Waals surface area contributed by atoms with E-state index in [1.165, 1.54) is 0 Å².